The molecule has 0 N–H and O–H groups in total. The second kappa shape index (κ2) is 5.96. The number of esters is 1. The molecule has 0 saturated carbocycles. The molecule has 4 nitrogen and oxygen atoms in total. The van der Waals surface area contributed by atoms with E-state index < -0.39 is 37.1 Å². The lowest BCUT2D eigenvalue weighted by atomic mass is 10.2. The molecule has 0 aliphatic carbocycles. The van der Waals surface area contributed by atoms with E-state index in [1.807, 2.05) is 0 Å². The number of amides is 1. The number of hydrogen-bond donors (Lipinski definition) is 0. The summed E-state index contributed by atoms with van der Waals surface area (Å²) in [5, 5.41) is 0. The first kappa shape index (κ1) is 16.6. The highest BCUT2D eigenvalue weighted by Gasteiger charge is 2.64. The van der Waals surface area contributed by atoms with Gasteiger partial charge < -0.3 is 9.64 Å². The summed E-state index contributed by atoms with van der Waals surface area (Å²) in [4.78, 5) is 22.1. The Morgan fingerprint density at radius 3 is 2.00 bits per heavy atom. The van der Waals surface area contributed by atoms with Crippen molar-refractivity contribution in [2.24, 2.45) is 0 Å². The Balaban J connectivity index is 5.02. The molecule has 0 aromatic heterocycles. The van der Waals surface area contributed by atoms with Crippen molar-refractivity contribution in [2.45, 2.75) is 25.4 Å². The highest BCUT2D eigenvalue weighted by molar-refractivity contribution is 5.87. The summed E-state index contributed by atoms with van der Waals surface area (Å²) in [5.74, 6) is -9.05. The number of nitrogens with zero attached hydrogens (tertiary/aromatic N) is 1. The molecule has 1 amide bonds. The monoisotopic (exact) mass is 277 g/mol. The van der Waals surface area contributed by atoms with Crippen molar-refractivity contribution in [1.29, 1.82) is 0 Å². The second-order valence-corrected chi connectivity index (χ2v) is 3.37. The van der Waals surface area contributed by atoms with E-state index in [-0.39, 0.29) is 11.3 Å². The maximum atomic E-state index is 12.8. The van der Waals surface area contributed by atoms with E-state index >= 15 is 0 Å². The van der Waals surface area contributed by atoms with E-state index in [2.05, 4.69) is 4.74 Å². The Hall–Kier alpha value is -1.41. The number of alkyl halides is 5. The van der Waals surface area contributed by atoms with Crippen molar-refractivity contribution in [3.05, 3.63) is 0 Å². The summed E-state index contributed by atoms with van der Waals surface area (Å²) < 4.78 is 65.7. The van der Waals surface area contributed by atoms with Crippen LogP contribution in [0.25, 0.3) is 0 Å². The quantitative estimate of drug-likeness (QED) is 0.566. The molecule has 0 heterocycles. The molecule has 0 aromatic carbocycles. The lowest BCUT2D eigenvalue weighted by Crippen LogP contribution is -2.53. The smallest absolute Gasteiger partial charge is 0.463 e. The number of rotatable bonds is 5. The average molecular weight is 277 g/mol. The highest BCUT2D eigenvalue weighted by atomic mass is 19.4. The van der Waals surface area contributed by atoms with Gasteiger partial charge in [-0.05, 0) is 6.42 Å². The lowest BCUT2D eigenvalue weighted by molar-refractivity contribution is -0.274. The number of carbonyl (C=O) groups excluding carboxylic acids is 2. The van der Waals surface area contributed by atoms with E-state index in [1.165, 1.54) is 6.92 Å². The SMILES string of the molecule is CCCN(CC(=O)OC)C(=O)C(F)(F)C(F)(F)F. The van der Waals surface area contributed by atoms with Crippen molar-refractivity contribution in [3.8, 4) is 0 Å². The van der Waals surface area contributed by atoms with E-state index in [0.29, 0.717) is 0 Å². The summed E-state index contributed by atoms with van der Waals surface area (Å²) in [6, 6.07) is 0. The van der Waals surface area contributed by atoms with Crippen LogP contribution in [0.1, 0.15) is 13.3 Å². The van der Waals surface area contributed by atoms with Gasteiger partial charge in [-0.2, -0.15) is 22.0 Å². The third-order valence-corrected chi connectivity index (χ3v) is 1.95. The maximum Gasteiger partial charge on any atom is 0.463 e. The van der Waals surface area contributed by atoms with E-state index in [4.69, 9.17) is 0 Å². The zero-order valence-corrected chi connectivity index (χ0v) is 9.68. The van der Waals surface area contributed by atoms with Crippen LogP contribution in [0.2, 0.25) is 0 Å². The number of ether oxygens (including phenoxy) is 1. The Morgan fingerprint density at radius 2 is 1.67 bits per heavy atom. The predicted octanol–water partition coefficient (Wildman–Crippen LogP) is 1.60. The molecule has 0 atom stereocenters. The van der Waals surface area contributed by atoms with Gasteiger partial charge in [0.25, 0.3) is 0 Å². The molecule has 0 aliphatic heterocycles. The molecule has 9 heteroatoms. The minimum Gasteiger partial charge on any atom is -0.468 e. The number of hydrogen-bond acceptors (Lipinski definition) is 3. The van der Waals surface area contributed by atoms with Gasteiger partial charge in [-0.3, -0.25) is 9.59 Å². The fourth-order valence-electron chi connectivity index (χ4n) is 1.06. The number of carbonyl (C=O) groups is 2. The minimum absolute atomic E-state index is 0.122. The van der Waals surface area contributed by atoms with Crippen LogP contribution in [0.5, 0.6) is 0 Å². The molecule has 0 aliphatic rings. The Labute approximate surface area is 99.7 Å². The molecular formula is C9H12F5NO3. The average Bonchev–Trinajstić information content (AvgIpc) is 2.25. The van der Waals surface area contributed by atoms with Gasteiger partial charge in [0, 0.05) is 6.54 Å². The fraction of sp³-hybridized carbons (Fsp3) is 0.778. The van der Waals surface area contributed by atoms with Crippen LogP contribution in [0.3, 0.4) is 0 Å². The molecular weight excluding hydrogens is 265 g/mol. The first-order chi connectivity index (χ1) is 8.07. The van der Waals surface area contributed by atoms with E-state index in [1.54, 1.807) is 0 Å². The van der Waals surface area contributed by atoms with Gasteiger partial charge in [-0.25, -0.2) is 0 Å². The summed E-state index contributed by atoms with van der Waals surface area (Å²) in [6.45, 7) is 0.109. The Bertz CT molecular complexity index is 316. The van der Waals surface area contributed by atoms with E-state index in [0.717, 1.165) is 7.11 Å². The molecule has 0 radical (unpaired) electrons. The van der Waals surface area contributed by atoms with Crippen LogP contribution in [-0.4, -0.2) is 49.1 Å². The van der Waals surface area contributed by atoms with E-state index in [9.17, 15) is 31.5 Å². The van der Waals surface area contributed by atoms with Gasteiger partial charge in [-0.15, -0.1) is 0 Å². The van der Waals surface area contributed by atoms with Gasteiger partial charge in [0.2, 0.25) is 0 Å². The van der Waals surface area contributed by atoms with Gasteiger partial charge in [-0.1, -0.05) is 6.92 Å². The van der Waals surface area contributed by atoms with Gasteiger partial charge >= 0.3 is 24.0 Å². The molecule has 0 bridgehead atoms. The third kappa shape index (κ3) is 3.81. The van der Waals surface area contributed by atoms with Crippen LogP contribution in [0.15, 0.2) is 0 Å². The van der Waals surface area contributed by atoms with Crippen LogP contribution in [0, 0.1) is 0 Å². The minimum atomic E-state index is -5.99. The first-order valence-corrected chi connectivity index (χ1v) is 4.88. The highest BCUT2D eigenvalue weighted by Crippen LogP contribution is 2.36. The summed E-state index contributed by atoms with van der Waals surface area (Å²) in [7, 11) is 0.929. The standard InChI is InChI=1S/C9H12F5NO3/c1-3-4-15(5-6(16)18-2)7(17)8(10,11)9(12,13)14/h3-5H2,1-2H3. The zero-order chi connectivity index (χ0) is 14.6. The van der Waals surface area contributed by atoms with Crippen LogP contribution in [-0.2, 0) is 14.3 Å². The molecule has 0 unspecified atom stereocenters. The third-order valence-electron chi connectivity index (χ3n) is 1.95. The molecule has 106 valence electrons. The van der Waals surface area contributed by atoms with Crippen molar-refractivity contribution < 1.29 is 36.3 Å². The molecule has 0 fully saturated rings. The molecule has 18 heavy (non-hydrogen) atoms. The summed E-state index contributed by atoms with van der Waals surface area (Å²) in [6.07, 6.45) is -5.87. The van der Waals surface area contributed by atoms with Crippen molar-refractivity contribution in [2.75, 3.05) is 20.2 Å². The number of methoxy groups -OCH3 is 1. The van der Waals surface area contributed by atoms with Gasteiger partial charge in [0.1, 0.15) is 6.54 Å². The molecule has 0 spiro atoms. The zero-order valence-electron chi connectivity index (χ0n) is 9.68. The van der Waals surface area contributed by atoms with Crippen molar-refractivity contribution >= 4 is 11.9 Å². The summed E-state index contributed by atoms with van der Waals surface area (Å²) in [5.41, 5.74) is 0. The topological polar surface area (TPSA) is 46.6 Å². The van der Waals surface area contributed by atoms with Gasteiger partial charge in [0.05, 0.1) is 7.11 Å². The van der Waals surface area contributed by atoms with Crippen molar-refractivity contribution in [1.82, 2.24) is 4.90 Å². The van der Waals surface area contributed by atoms with Crippen LogP contribution < -0.4 is 0 Å². The maximum absolute atomic E-state index is 12.8. The van der Waals surface area contributed by atoms with Crippen LogP contribution in [0.4, 0.5) is 22.0 Å². The second-order valence-electron chi connectivity index (χ2n) is 3.37. The summed E-state index contributed by atoms with van der Waals surface area (Å²) >= 11 is 0. The Morgan fingerprint density at radius 1 is 1.17 bits per heavy atom. The molecule has 0 saturated heterocycles. The first-order valence-electron chi connectivity index (χ1n) is 4.88. The number of halogens is 5. The van der Waals surface area contributed by atoms with Crippen LogP contribution >= 0.6 is 0 Å². The van der Waals surface area contributed by atoms with Gasteiger partial charge in [0.15, 0.2) is 0 Å². The molecule has 0 rings (SSSR count). The normalized spacial score (nSPS) is 12.2. The van der Waals surface area contributed by atoms with Crippen molar-refractivity contribution in [3.63, 3.8) is 0 Å². The lowest BCUT2D eigenvalue weighted by Gasteiger charge is -2.26. The molecule has 0 aromatic rings. The fourth-order valence-corrected chi connectivity index (χ4v) is 1.06. The predicted molar refractivity (Wildman–Crippen MR) is 49.9 cm³/mol. The Kier molecular flexibility index (Phi) is 5.50. The largest absolute Gasteiger partial charge is 0.468 e.